The Bertz CT molecular complexity index is 707. The van der Waals surface area contributed by atoms with Gasteiger partial charge in [-0.3, -0.25) is 4.79 Å². The van der Waals surface area contributed by atoms with Crippen LogP contribution in [0.25, 0.3) is 6.08 Å². The van der Waals surface area contributed by atoms with E-state index in [1.54, 1.807) is 6.20 Å². The molecule has 0 unspecified atom stereocenters. The van der Waals surface area contributed by atoms with Gasteiger partial charge in [0.15, 0.2) is 0 Å². The number of likely N-dealkylation sites (tertiary alicyclic amines) is 1. The van der Waals surface area contributed by atoms with Crippen LogP contribution in [0.5, 0.6) is 0 Å². The van der Waals surface area contributed by atoms with Crippen LogP contribution in [-0.4, -0.2) is 40.5 Å². The fraction of sp³-hybridized carbons (Fsp3) is 0.368. The van der Waals surface area contributed by atoms with Crippen LogP contribution in [0.15, 0.2) is 48.8 Å². The predicted molar refractivity (Wildman–Crippen MR) is 95.2 cm³/mol. The smallest absolute Gasteiger partial charge is 0.223 e. The molecule has 1 amide bonds. The standard InChI is InChI=1S/C19H24N4O/c1-22-12-11-21-19(22)18-16(13-17(24)23(18)2)14-20-10-6-9-15-7-4-3-5-8-15/h3-9,11-12,16,18,20H,10,13-14H2,1-2H3/b9-6+/t16-,18+/m0/s1. The van der Waals surface area contributed by atoms with E-state index in [0.29, 0.717) is 6.42 Å². The Morgan fingerprint density at radius 2 is 2.08 bits per heavy atom. The van der Waals surface area contributed by atoms with Gasteiger partial charge >= 0.3 is 0 Å². The highest BCUT2D eigenvalue weighted by Crippen LogP contribution is 2.35. The lowest BCUT2D eigenvalue weighted by molar-refractivity contribution is -0.127. The molecule has 1 saturated heterocycles. The third kappa shape index (κ3) is 3.57. The maximum atomic E-state index is 12.1. The van der Waals surface area contributed by atoms with E-state index >= 15 is 0 Å². The zero-order chi connectivity index (χ0) is 16.9. The first-order valence-corrected chi connectivity index (χ1v) is 8.32. The van der Waals surface area contributed by atoms with E-state index in [0.717, 1.165) is 18.9 Å². The molecule has 1 fully saturated rings. The van der Waals surface area contributed by atoms with Gasteiger partial charge < -0.3 is 14.8 Å². The van der Waals surface area contributed by atoms with E-state index in [4.69, 9.17) is 0 Å². The Morgan fingerprint density at radius 3 is 2.79 bits per heavy atom. The molecule has 0 saturated carbocycles. The molecule has 2 atom stereocenters. The fourth-order valence-electron chi connectivity index (χ4n) is 3.29. The molecule has 2 heterocycles. The topological polar surface area (TPSA) is 50.2 Å². The van der Waals surface area contributed by atoms with Crippen molar-refractivity contribution in [2.45, 2.75) is 12.5 Å². The van der Waals surface area contributed by atoms with E-state index in [-0.39, 0.29) is 17.9 Å². The second-order valence-corrected chi connectivity index (χ2v) is 6.28. The number of nitrogens with one attached hydrogen (secondary N) is 1. The van der Waals surface area contributed by atoms with Crippen LogP contribution in [0.4, 0.5) is 0 Å². The number of hydrogen-bond donors (Lipinski definition) is 1. The lowest BCUT2D eigenvalue weighted by Gasteiger charge is -2.24. The zero-order valence-electron chi connectivity index (χ0n) is 14.2. The summed E-state index contributed by atoms with van der Waals surface area (Å²) in [6.45, 7) is 1.59. The van der Waals surface area contributed by atoms with Crippen molar-refractivity contribution in [1.29, 1.82) is 0 Å². The van der Waals surface area contributed by atoms with Crippen molar-refractivity contribution >= 4 is 12.0 Å². The first kappa shape index (κ1) is 16.5. The van der Waals surface area contributed by atoms with Crippen molar-refractivity contribution in [3.63, 3.8) is 0 Å². The van der Waals surface area contributed by atoms with Crippen LogP contribution in [0.2, 0.25) is 0 Å². The molecule has 1 N–H and O–H groups in total. The lowest BCUT2D eigenvalue weighted by Crippen LogP contribution is -2.31. The van der Waals surface area contributed by atoms with Gasteiger partial charge in [0.2, 0.25) is 5.91 Å². The number of amides is 1. The molecule has 1 aliphatic rings. The van der Waals surface area contributed by atoms with Crippen molar-refractivity contribution in [2.24, 2.45) is 13.0 Å². The summed E-state index contributed by atoms with van der Waals surface area (Å²) in [4.78, 5) is 18.4. The molecule has 0 spiro atoms. The number of benzene rings is 1. The Balaban J connectivity index is 1.57. The van der Waals surface area contributed by atoms with Gasteiger partial charge in [-0.05, 0) is 5.56 Å². The average molecular weight is 324 g/mol. The van der Waals surface area contributed by atoms with E-state index in [9.17, 15) is 4.79 Å². The van der Waals surface area contributed by atoms with Gasteiger partial charge in [0.1, 0.15) is 5.82 Å². The molecule has 1 aromatic heterocycles. The zero-order valence-corrected chi connectivity index (χ0v) is 14.2. The molecule has 0 aliphatic carbocycles. The maximum Gasteiger partial charge on any atom is 0.223 e. The summed E-state index contributed by atoms with van der Waals surface area (Å²) in [6.07, 6.45) is 8.52. The Labute approximate surface area is 143 Å². The first-order valence-electron chi connectivity index (χ1n) is 8.32. The summed E-state index contributed by atoms with van der Waals surface area (Å²) in [5, 5.41) is 3.45. The first-order chi connectivity index (χ1) is 11.7. The molecule has 126 valence electrons. The molecule has 0 bridgehead atoms. The summed E-state index contributed by atoms with van der Waals surface area (Å²) < 4.78 is 2.00. The van der Waals surface area contributed by atoms with Crippen LogP contribution < -0.4 is 5.32 Å². The van der Waals surface area contributed by atoms with Gasteiger partial charge in [0.25, 0.3) is 0 Å². The van der Waals surface area contributed by atoms with Gasteiger partial charge in [-0.25, -0.2) is 4.98 Å². The Morgan fingerprint density at radius 1 is 1.29 bits per heavy atom. The summed E-state index contributed by atoms with van der Waals surface area (Å²) in [6, 6.07) is 10.3. The Hall–Kier alpha value is -2.40. The van der Waals surface area contributed by atoms with Crippen LogP contribution in [-0.2, 0) is 11.8 Å². The Kier molecular flexibility index (Phi) is 5.11. The molecule has 5 nitrogen and oxygen atoms in total. The summed E-state index contributed by atoms with van der Waals surface area (Å²) in [5.41, 5.74) is 1.20. The number of imidazole rings is 1. The second kappa shape index (κ2) is 7.45. The van der Waals surface area contributed by atoms with Crippen LogP contribution in [0, 0.1) is 5.92 Å². The normalized spacial score (nSPS) is 21.1. The molecule has 3 rings (SSSR count). The highest BCUT2D eigenvalue weighted by atomic mass is 16.2. The summed E-state index contributed by atoms with van der Waals surface area (Å²) in [5.74, 6) is 1.39. The van der Waals surface area contributed by atoms with Gasteiger partial charge in [0, 0.05) is 51.9 Å². The van der Waals surface area contributed by atoms with E-state index in [2.05, 4.69) is 34.6 Å². The largest absolute Gasteiger partial charge is 0.336 e. The number of aryl methyl sites for hydroxylation is 1. The monoisotopic (exact) mass is 324 g/mol. The number of aromatic nitrogens is 2. The maximum absolute atomic E-state index is 12.1. The molecular weight excluding hydrogens is 300 g/mol. The van der Waals surface area contributed by atoms with E-state index in [1.165, 1.54) is 5.56 Å². The number of nitrogens with zero attached hydrogens (tertiary/aromatic N) is 3. The van der Waals surface area contributed by atoms with Crippen molar-refractivity contribution in [2.75, 3.05) is 20.1 Å². The van der Waals surface area contributed by atoms with Crippen LogP contribution >= 0.6 is 0 Å². The van der Waals surface area contributed by atoms with Gasteiger partial charge in [0.05, 0.1) is 6.04 Å². The van der Waals surface area contributed by atoms with Gasteiger partial charge in [-0.1, -0.05) is 42.5 Å². The van der Waals surface area contributed by atoms with Crippen molar-refractivity contribution in [3.8, 4) is 0 Å². The summed E-state index contributed by atoms with van der Waals surface area (Å²) >= 11 is 0. The van der Waals surface area contributed by atoms with Gasteiger partial charge in [-0.2, -0.15) is 0 Å². The second-order valence-electron chi connectivity index (χ2n) is 6.28. The van der Waals surface area contributed by atoms with Crippen LogP contribution in [0.3, 0.4) is 0 Å². The molecule has 24 heavy (non-hydrogen) atoms. The molecule has 5 heteroatoms. The number of rotatable bonds is 6. The lowest BCUT2D eigenvalue weighted by atomic mass is 9.99. The molecule has 1 aliphatic heterocycles. The number of carbonyl (C=O) groups excluding carboxylic acids is 1. The third-order valence-electron chi connectivity index (χ3n) is 4.60. The SMILES string of the molecule is CN1C(=O)C[C@@H](CNC/C=C/c2ccccc2)[C@@H]1c1nccn1C. The summed E-state index contributed by atoms with van der Waals surface area (Å²) in [7, 11) is 3.85. The van der Waals surface area contributed by atoms with Gasteiger partial charge in [-0.15, -0.1) is 0 Å². The molecule has 2 aromatic rings. The third-order valence-corrected chi connectivity index (χ3v) is 4.60. The minimum Gasteiger partial charge on any atom is -0.336 e. The highest BCUT2D eigenvalue weighted by molar-refractivity contribution is 5.79. The van der Waals surface area contributed by atoms with Crippen molar-refractivity contribution in [1.82, 2.24) is 19.8 Å². The minimum absolute atomic E-state index is 0.0445. The molecule has 1 aromatic carbocycles. The predicted octanol–water partition coefficient (Wildman–Crippen LogP) is 2.24. The van der Waals surface area contributed by atoms with Crippen molar-refractivity contribution < 1.29 is 4.79 Å². The van der Waals surface area contributed by atoms with Crippen LogP contribution in [0.1, 0.15) is 23.9 Å². The molecular formula is C19H24N4O. The van der Waals surface area contributed by atoms with E-state index < -0.39 is 0 Å². The highest BCUT2D eigenvalue weighted by Gasteiger charge is 2.40. The quantitative estimate of drug-likeness (QED) is 0.829. The number of hydrogen-bond acceptors (Lipinski definition) is 3. The van der Waals surface area contributed by atoms with Crippen molar-refractivity contribution in [3.05, 3.63) is 60.2 Å². The minimum atomic E-state index is 0.0445. The fourth-order valence-corrected chi connectivity index (χ4v) is 3.29. The average Bonchev–Trinajstić information content (AvgIpc) is 3.12. The molecule has 0 radical (unpaired) electrons. The van der Waals surface area contributed by atoms with E-state index in [1.807, 2.05) is 48.0 Å². The number of carbonyl (C=O) groups is 1.